The highest BCUT2D eigenvalue weighted by Crippen LogP contribution is 2.26. The molecule has 0 radical (unpaired) electrons. The molecule has 2 rings (SSSR count). The maximum atomic E-state index is 12.1. The van der Waals surface area contributed by atoms with Gasteiger partial charge in [-0.05, 0) is 23.8 Å². The van der Waals surface area contributed by atoms with Crippen LogP contribution in [0.2, 0.25) is 10.0 Å². The summed E-state index contributed by atoms with van der Waals surface area (Å²) in [6.07, 6.45) is 2.58. The molecule has 1 amide bonds. The molecule has 24 heavy (non-hydrogen) atoms. The highest BCUT2D eigenvalue weighted by Gasteiger charge is 2.07. The first kappa shape index (κ1) is 18.0. The number of hydrogen-bond donors (Lipinski definition) is 2. The number of benzene rings is 2. The van der Waals surface area contributed by atoms with Crippen LogP contribution in [0.15, 0.2) is 42.5 Å². The first-order valence-electron chi connectivity index (χ1n) is 7.19. The predicted molar refractivity (Wildman–Crippen MR) is 96.8 cm³/mol. The number of amides is 1. The van der Waals surface area contributed by atoms with E-state index >= 15 is 0 Å². The summed E-state index contributed by atoms with van der Waals surface area (Å²) in [6.45, 7) is 0.0868. The molecule has 124 valence electrons. The summed E-state index contributed by atoms with van der Waals surface area (Å²) in [5.74, 6) is -0.130. The van der Waals surface area contributed by atoms with Gasteiger partial charge >= 0.3 is 6.09 Å². The fraction of sp³-hybridized carbons (Fsp3) is 0.111. The monoisotopic (exact) mass is 363 g/mol. The zero-order valence-corrected chi connectivity index (χ0v) is 14.1. The van der Waals surface area contributed by atoms with Crippen molar-refractivity contribution in [2.45, 2.75) is 6.42 Å². The summed E-state index contributed by atoms with van der Waals surface area (Å²) in [4.78, 5) is 22.5. The van der Waals surface area contributed by atoms with E-state index in [-0.39, 0.29) is 18.7 Å². The fourth-order valence-corrected chi connectivity index (χ4v) is 2.62. The molecule has 4 nitrogen and oxygen atoms in total. The van der Waals surface area contributed by atoms with Crippen LogP contribution in [0.1, 0.15) is 27.9 Å². The van der Waals surface area contributed by atoms with Gasteiger partial charge in [-0.3, -0.25) is 4.79 Å². The molecule has 0 aliphatic carbocycles. The Morgan fingerprint density at radius 1 is 1.04 bits per heavy atom. The molecule has 2 aromatic carbocycles. The molecule has 0 aromatic heterocycles. The molecule has 0 bridgehead atoms. The predicted octanol–water partition coefficient (Wildman–Crippen LogP) is 5.00. The van der Waals surface area contributed by atoms with Crippen molar-refractivity contribution >= 4 is 47.2 Å². The lowest BCUT2D eigenvalue weighted by Gasteiger charge is -2.04. The summed E-state index contributed by atoms with van der Waals surface area (Å²) in [6, 6.07) is 12.3. The SMILES string of the molecule is O=C(O)NCCC(=O)c1cccc(C=Cc2c(Cl)cccc2Cl)c1. The maximum absolute atomic E-state index is 12.1. The number of carbonyl (C=O) groups excluding carboxylic acids is 1. The molecule has 0 heterocycles. The fourth-order valence-electron chi connectivity index (χ4n) is 2.09. The van der Waals surface area contributed by atoms with Gasteiger partial charge < -0.3 is 10.4 Å². The average molecular weight is 364 g/mol. The first-order chi connectivity index (χ1) is 11.5. The van der Waals surface area contributed by atoms with Gasteiger partial charge in [0.1, 0.15) is 0 Å². The topological polar surface area (TPSA) is 66.4 Å². The Bertz CT molecular complexity index is 767. The quantitative estimate of drug-likeness (QED) is 0.560. The van der Waals surface area contributed by atoms with Crippen molar-refractivity contribution in [3.8, 4) is 0 Å². The highest BCUT2D eigenvalue weighted by atomic mass is 35.5. The summed E-state index contributed by atoms with van der Waals surface area (Å²) >= 11 is 12.2. The normalized spacial score (nSPS) is 10.8. The van der Waals surface area contributed by atoms with Crippen LogP contribution in [0.25, 0.3) is 12.2 Å². The average Bonchev–Trinajstić information content (AvgIpc) is 2.54. The van der Waals surface area contributed by atoms with Gasteiger partial charge in [-0.15, -0.1) is 0 Å². The number of carboxylic acid groups (broad SMARTS) is 1. The van der Waals surface area contributed by atoms with E-state index in [0.29, 0.717) is 21.2 Å². The summed E-state index contributed by atoms with van der Waals surface area (Å²) in [5, 5.41) is 11.8. The summed E-state index contributed by atoms with van der Waals surface area (Å²) in [5.41, 5.74) is 2.06. The smallest absolute Gasteiger partial charge is 0.404 e. The Hall–Kier alpha value is -2.30. The number of rotatable bonds is 6. The minimum absolute atomic E-state index is 0.0868. The van der Waals surface area contributed by atoms with Crippen LogP contribution in [0, 0.1) is 0 Å². The van der Waals surface area contributed by atoms with Crippen molar-refractivity contribution in [3.05, 3.63) is 69.2 Å². The van der Waals surface area contributed by atoms with Gasteiger partial charge in [0.05, 0.1) is 0 Å². The van der Waals surface area contributed by atoms with Crippen LogP contribution < -0.4 is 5.32 Å². The minimum atomic E-state index is -1.14. The first-order valence-corrected chi connectivity index (χ1v) is 7.95. The molecule has 0 aliphatic heterocycles. The van der Waals surface area contributed by atoms with Crippen LogP contribution in [0.3, 0.4) is 0 Å². The van der Waals surface area contributed by atoms with E-state index in [4.69, 9.17) is 28.3 Å². The van der Waals surface area contributed by atoms with Gasteiger partial charge in [0.2, 0.25) is 0 Å². The highest BCUT2D eigenvalue weighted by molar-refractivity contribution is 6.37. The molecule has 0 aliphatic rings. The van der Waals surface area contributed by atoms with Crippen LogP contribution >= 0.6 is 23.2 Å². The van der Waals surface area contributed by atoms with E-state index in [1.54, 1.807) is 42.5 Å². The number of ketones is 1. The lowest BCUT2D eigenvalue weighted by atomic mass is 10.0. The van der Waals surface area contributed by atoms with Crippen molar-refractivity contribution in [1.29, 1.82) is 0 Å². The van der Waals surface area contributed by atoms with Gasteiger partial charge in [0.25, 0.3) is 0 Å². The number of carbonyl (C=O) groups is 2. The molecule has 0 unspecified atom stereocenters. The lowest BCUT2D eigenvalue weighted by molar-refractivity contribution is 0.0983. The van der Waals surface area contributed by atoms with Crippen molar-refractivity contribution in [1.82, 2.24) is 5.32 Å². The Labute approximate surface area is 149 Å². The Morgan fingerprint density at radius 2 is 1.71 bits per heavy atom. The van der Waals surface area contributed by atoms with Crippen LogP contribution in [0.5, 0.6) is 0 Å². The van der Waals surface area contributed by atoms with Gasteiger partial charge in [-0.1, -0.05) is 59.6 Å². The molecule has 0 saturated carbocycles. The number of nitrogens with one attached hydrogen (secondary N) is 1. The molecule has 2 N–H and O–H groups in total. The van der Waals surface area contributed by atoms with E-state index in [9.17, 15) is 9.59 Å². The third-order valence-corrected chi connectivity index (χ3v) is 3.94. The van der Waals surface area contributed by atoms with Crippen molar-refractivity contribution in [2.24, 2.45) is 0 Å². The minimum Gasteiger partial charge on any atom is -0.465 e. The second-order valence-electron chi connectivity index (χ2n) is 5.00. The third-order valence-electron chi connectivity index (χ3n) is 3.28. The third kappa shape index (κ3) is 5.11. The molecule has 0 spiro atoms. The molecule has 6 heteroatoms. The zero-order valence-electron chi connectivity index (χ0n) is 12.6. The molecular weight excluding hydrogens is 349 g/mol. The van der Waals surface area contributed by atoms with Crippen LogP contribution in [-0.4, -0.2) is 23.5 Å². The largest absolute Gasteiger partial charge is 0.465 e. The van der Waals surface area contributed by atoms with Gasteiger partial charge in [0, 0.05) is 34.1 Å². The van der Waals surface area contributed by atoms with E-state index in [0.717, 1.165) is 5.56 Å². The Morgan fingerprint density at radius 3 is 2.38 bits per heavy atom. The van der Waals surface area contributed by atoms with E-state index in [2.05, 4.69) is 5.32 Å². The molecule has 0 fully saturated rings. The lowest BCUT2D eigenvalue weighted by Crippen LogP contribution is -2.23. The second kappa shape index (κ2) is 8.52. The van der Waals surface area contributed by atoms with Crippen molar-refractivity contribution in [2.75, 3.05) is 6.54 Å². The molecule has 0 saturated heterocycles. The Balaban J connectivity index is 2.11. The van der Waals surface area contributed by atoms with Gasteiger partial charge in [0.15, 0.2) is 5.78 Å². The number of Topliss-reactive ketones (excluding diaryl/α,β-unsaturated/α-hetero) is 1. The standard InChI is InChI=1S/C18H15Cl2NO3/c19-15-5-2-6-16(20)14(15)8-7-12-3-1-4-13(11-12)17(22)9-10-21-18(23)24/h1-8,11,21H,9-10H2,(H,23,24). The van der Waals surface area contributed by atoms with Crippen molar-refractivity contribution in [3.63, 3.8) is 0 Å². The number of halogens is 2. The zero-order chi connectivity index (χ0) is 17.5. The van der Waals surface area contributed by atoms with E-state index in [1.807, 2.05) is 12.1 Å². The summed E-state index contributed by atoms with van der Waals surface area (Å²) < 4.78 is 0. The van der Waals surface area contributed by atoms with Gasteiger partial charge in [-0.25, -0.2) is 4.79 Å². The summed E-state index contributed by atoms with van der Waals surface area (Å²) in [7, 11) is 0. The molecule has 0 atom stereocenters. The molecular formula is C18H15Cl2NO3. The van der Waals surface area contributed by atoms with E-state index in [1.165, 1.54) is 0 Å². The van der Waals surface area contributed by atoms with Crippen molar-refractivity contribution < 1.29 is 14.7 Å². The number of hydrogen-bond acceptors (Lipinski definition) is 2. The van der Waals surface area contributed by atoms with E-state index < -0.39 is 6.09 Å². The maximum Gasteiger partial charge on any atom is 0.404 e. The Kier molecular flexibility index (Phi) is 6.41. The molecule has 2 aromatic rings. The second-order valence-corrected chi connectivity index (χ2v) is 5.81. The van der Waals surface area contributed by atoms with Gasteiger partial charge in [-0.2, -0.15) is 0 Å². The van der Waals surface area contributed by atoms with Crippen LogP contribution in [0.4, 0.5) is 4.79 Å². The van der Waals surface area contributed by atoms with Crippen LogP contribution in [-0.2, 0) is 0 Å².